The van der Waals surface area contributed by atoms with Crippen LogP contribution in [0.1, 0.15) is 40.0 Å². The van der Waals surface area contributed by atoms with Gasteiger partial charge in [-0.05, 0) is 51.3 Å². The van der Waals surface area contributed by atoms with Gasteiger partial charge in [0.15, 0.2) is 11.9 Å². The van der Waals surface area contributed by atoms with Gasteiger partial charge in [-0.25, -0.2) is 0 Å². The van der Waals surface area contributed by atoms with Crippen molar-refractivity contribution in [3.05, 3.63) is 47.5 Å². The molecule has 1 spiro atoms. The van der Waals surface area contributed by atoms with Crippen molar-refractivity contribution in [2.24, 2.45) is 11.8 Å². The summed E-state index contributed by atoms with van der Waals surface area (Å²) >= 11 is 0. The monoisotopic (exact) mass is 326 g/mol. The van der Waals surface area contributed by atoms with Gasteiger partial charge in [0.2, 0.25) is 0 Å². The third-order valence-electron chi connectivity index (χ3n) is 5.67. The summed E-state index contributed by atoms with van der Waals surface area (Å²) in [5.41, 5.74) is 1.90. The van der Waals surface area contributed by atoms with Gasteiger partial charge in [0.25, 0.3) is 0 Å². The molecular weight excluding hydrogens is 304 g/mol. The highest BCUT2D eigenvalue weighted by atomic mass is 16.6. The first-order chi connectivity index (χ1) is 11.3. The summed E-state index contributed by atoms with van der Waals surface area (Å²) in [4.78, 5) is 25.2. The third kappa shape index (κ3) is 2.08. The molecule has 4 atom stereocenters. The van der Waals surface area contributed by atoms with Crippen molar-refractivity contribution < 1.29 is 19.1 Å². The zero-order valence-corrected chi connectivity index (χ0v) is 14.3. The van der Waals surface area contributed by atoms with Crippen molar-refractivity contribution >= 4 is 11.8 Å². The van der Waals surface area contributed by atoms with E-state index in [4.69, 9.17) is 9.47 Å². The van der Waals surface area contributed by atoms with Crippen LogP contribution < -0.4 is 0 Å². The van der Waals surface area contributed by atoms with E-state index >= 15 is 0 Å². The second kappa shape index (κ2) is 5.16. The van der Waals surface area contributed by atoms with E-state index in [-0.39, 0.29) is 29.7 Å². The normalized spacial score (nSPS) is 39.4. The van der Waals surface area contributed by atoms with Crippen LogP contribution in [-0.2, 0) is 19.1 Å². The first kappa shape index (κ1) is 15.8. The van der Waals surface area contributed by atoms with Gasteiger partial charge in [0, 0.05) is 12.3 Å². The van der Waals surface area contributed by atoms with Gasteiger partial charge in [-0.3, -0.25) is 9.59 Å². The minimum absolute atomic E-state index is 0.0458. The van der Waals surface area contributed by atoms with E-state index in [0.717, 1.165) is 23.5 Å². The van der Waals surface area contributed by atoms with Gasteiger partial charge in [-0.15, -0.1) is 0 Å². The number of carbonyl (C=O) groups is 2. The smallest absolute Gasteiger partial charge is 0.314 e. The van der Waals surface area contributed by atoms with Crippen molar-refractivity contribution in [3.8, 4) is 0 Å². The van der Waals surface area contributed by atoms with Crippen molar-refractivity contribution in [2.75, 3.05) is 0 Å². The van der Waals surface area contributed by atoms with E-state index in [9.17, 15) is 9.59 Å². The molecule has 2 radical (unpaired) electrons. The number of hydrogen-bond donors (Lipinski definition) is 0. The highest BCUT2D eigenvalue weighted by molar-refractivity contribution is 6.06. The van der Waals surface area contributed by atoms with Crippen LogP contribution in [0.2, 0.25) is 0 Å². The number of hydrogen-bond acceptors (Lipinski definition) is 4. The molecule has 2 fully saturated rings. The Labute approximate surface area is 142 Å². The van der Waals surface area contributed by atoms with Crippen LogP contribution in [0.5, 0.6) is 0 Å². The Hall–Kier alpha value is -1.68. The van der Waals surface area contributed by atoms with Crippen LogP contribution in [0, 0.1) is 23.9 Å². The lowest BCUT2D eigenvalue weighted by Crippen LogP contribution is -2.53. The lowest BCUT2D eigenvalue weighted by molar-refractivity contribution is -0.141. The maximum atomic E-state index is 12.7. The van der Waals surface area contributed by atoms with E-state index in [1.165, 1.54) is 0 Å². The molecule has 4 aliphatic rings. The van der Waals surface area contributed by atoms with Crippen LogP contribution in [0.3, 0.4) is 0 Å². The summed E-state index contributed by atoms with van der Waals surface area (Å²) in [6.45, 7) is 9.80. The molecule has 0 aromatic carbocycles. The van der Waals surface area contributed by atoms with E-state index < -0.39 is 5.60 Å². The predicted molar refractivity (Wildman–Crippen MR) is 88.3 cm³/mol. The van der Waals surface area contributed by atoms with E-state index in [1.807, 2.05) is 26.8 Å². The molecular formula is C20H22O4. The van der Waals surface area contributed by atoms with Crippen molar-refractivity contribution in [1.29, 1.82) is 0 Å². The molecule has 0 saturated carbocycles. The van der Waals surface area contributed by atoms with Crippen LogP contribution >= 0.6 is 0 Å². The topological polar surface area (TPSA) is 52.6 Å². The Morgan fingerprint density at radius 3 is 2.75 bits per heavy atom. The highest BCUT2D eigenvalue weighted by Crippen LogP contribution is 2.55. The van der Waals surface area contributed by atoms with Crippen molar-refractivity contribution in [1.82, 2.24) is 0 Å². The molecule has 2 bridgehead atoms. The predicted octanol–water partition coefficient (Wildman–Crippen LogP) is 3.25. The lowest BCUT2D eigenvalue weighted by Gasteiger charge is -2.48. The second-order valence-corrected chi connectivity index (χ2v) is 7.56. The molecule has 2 saturated heterocycles. The molecule has 0 unspecified atom stereocenters. The summed E-state index contributed by atoms with van der Waals surface area (Å²) in [5, 5.41) is 0. The summed E-state index contributed by atoms with van der Waals surface area (Å²) in [6, 6.07) is 0. The SMILES string of the molecule is C=C(C)[C@@H]1CC[C]2C(=O)O[C@H]3CC(C)=C[C@@]4(C=C(C)C(=O)[C]1O4)[C@@H]23. The minimum Gasteiger partial charge on any atom is -0.461 e. The second-order valence-electron chi connectivity index (χ2n) is 7.56. The average Bonchev–Trinajstić information content (AvgIpc) is 2.78. The number of carbonyl (C=O) groups excluding carboxylic acids is 2. The molecule has 0 amide bonds. The number of Topliss-reactive ketones (excluding diaryl/α,β-unsaturated/α-hetero) is 1. The number of rotatable bonds is 1. The molecule has 3 heterocycles. The molecule has 4 heteroatoms. The van der Waals surface area contributed by atoms with Gasteiger partial charge < -0.3 is 9.47 Å². The molecule has 1 aliphatic carbocycles. The Bertz CT molecular complexity index is 700. The first-order valence-corrected chi connectivity index (χ1v) is 8.53. The van der Waals surface area contributed by atoms with Crippen LogP contribution in [-0.4, -0.2) is 23.5 Å². The fourth-order valence-electron chi connectivity index (χ4n) is 4.68. The molecule has 0 aromatic heterocycles. The van der Waals surface area contributed by atoms with Crippen molar-refractivity contribution in [2.45, 2.75) is 51.7 Å². The quantitative estimate of drug-likeness (QED) is 0.548. The van der Waals surface area contributed by atoms with Gasteiger partial charge in [-0.2, -0.15) is 0 Å². The Balaban J connectivity index is 1.91. The van der Waals surface area contributed by atoms with Crippen LogP contribution in [0.15, 0.2) is 35.5 Å². The minimum atomic E-state index is -0.782. The fourth-order valence-corrected chi connectivity index (χ4v) is 4.68. The number of ether oxygens (including phenoxy) is 2. The van der Waals surface area contributed by atoms with Gasteiger partial charge >= 0.3 is 5.97 Å². The zero-order valence-electron chi connectivity index (χ0n) is 14.3. The maximum Gasteiger partial charge on any atom is 0.314 e. The van der Waals surface area contributed by atoms with E-state index in [1.54, 1.807) is 0 Å². The fraction of sp³-hybridized carbons (Fsp3) is 0.500. The molecule has 0 aromatic rings. The molecule has 24 heavy (non-hydrogen) atoms. The van der Waals surface area contributed by atoms with Crippen molar-refractivity contribution in [3.63, 3.8) is 0 Å². The number of ketones is 1. The summed E-state index contributed by atoms with van der Waals surface area (Å²) in [5.74, 6) is 0.248. The summed E-state index contributed by atoms with van der Waals surface area (Å²) in [6.07, 6.45) is 6.26. The number of fused-ring (bicyclic) bond motifs is 1. The summed E-state index contributed by atoms with van der Waals surface area (Å²) in [7, 11) is 0. The lowest BCUT2D eigenvalue weighted by atomic mass is 9.65. The van der Waals surface area contributed by atoms with Crippen LogP contribution in [0.25, 0.3) is 0 Å². The largest absolute Gasteiger partial charge is 0.461 e. The van der Waals surface area contributed by atoms with E-state index in [2.05, 4.69) is 12.7 Å². The van der Waals surface area contributed by atoms with Gasteiger partial charge in [0.05, 0.1) is 11.8 Å². The van der Waals surface area contributed by atoms with Crippen LogP contribution in [0.4, 0.5) is 0 Å². The Morgan fingerprint density at radius 1 is 1.29 bits per heavy atom. The number of esters is 1. The molecule has 3 aliphatic heterocycles. The van der Waals surface area contributed by atoms with E-state index in [0.29, 0.717) is 24.5 Å². The highest BCUT2D eigenvalue weighted by Gasteiger charge is 2.61. The van der Waals surface area contributed by atoms with Gasteiger partial charge in [0.1, 0.15) is 11.7 Å². The summed E-state index contributed by atoms with van der Waals surface area (Å²) < 4.78 is 12.0. The standard InChI is InChI=1S/C20H22O4/c1-10(2)13-5-6-14-16-15(23-19(14)22)7-11(3)8-20(16)9-12(4)17(21)18(13)24-20/h8-9,13,15-16H,1,5-7H2,2-4H3/t13-,15-,16-,20+/m0/s1. The first-order valence-electron chi connectivity index (χ1n) is 8.53. The molecule has 126 valence electrons. The maximum absolute atomic E-state index is 12.7. The Kier molecular flexibility index (Phi) is 3.40. The molecule has 4 nitrogen and oxygen atoms in total. The molecule has 0 N–H and O–H groups in total. The van der Waals surface area contributed by atoms with Gasteiger partial charge in [-0.1, -0.05) is 17.7 Å². The Morgan fingerprint density at radius 2 is 2.04 bits per heavy atom. The molecule has 4 rings (SSSR count). The third-order valence-corrected chi connectivity index (χ3v) is 5.67. The average molecular weight is 326 g/mol. The zero-order chi connectivity index (χ0) is 17.2.